The number of nitrogens with zero attached hydrogens (tertiary/aromatic N) is 1. The zero-order valence-corrected chi connectivity index (χ0v) is 12.9. The van der Waals surface area contributed by atoms with Gasteiger partial charge in [0.15, 0.2) is 0 Å². The molecule has 19 heavy (non-hydrogen) atoms. The van der Waals surface area contributed by atoms with Crippen molar-refractivity contribution in [1.82, 2.24) is 4.90 Å². The van der Waals surface area contributed by atoms with E-state index in [1.807, 2.05) is 11.9 Å². The Kier molecular flexibility index (Phi) is 6.27. The first-order chi connectivity index (χ1) is 8.95. The average molecular weight is 270 g/mol. The van der Waals surface area contributed by atoms with Gasteiger partial charge in [0.25, 0.3) is 0 Å². The first-order valence-electron chi connectivity index (χ1n) is 7.52. The highest BCUT2D eigenvalue weighted by molar-refractivity contribution is 5.76. The summed E-state index contributed by atoms with van der Waals surface area (Å²) in [6.07, 6.45) is 4.85. The lowest BCUT2D eigenvalue weighted by Crippen LogP contribution is -2.62. The van der Waals surface area contributed by atoms with Crippen molar-refractivity contribution in [3.8, 4) is 0 Å². The molecule has 0 heterocycles. The Bertz CT molecular complexity index is 292. The van der Waals surface area contributed by atoms with Gasteiger partial charge in [0.05, 0.1) is 6.10 Å². The van der Waals surface area contributed by atoms with Crippen molar-refractivity contribution < 1.29 is 9.53 Å². The standard InChI is InChI=1S/C15H30N2O2/c1-5-6-10-19-13-11-12(15(13,2)3)17(4)14(18)8-7-9-16/h12-13H,5-11,16H2,1-4H3. The second-order valence-corrected chi connectivity index (χ2v) is 6.18. The van der Waals surface area contributed by atoms with E-state index in [0.29, 0.717) is 19.0 Å². The van der Waals surface area contributed by atoms with Crippen LogP contribution < -0.4 is 5.73 Å². The molecule has 2 unspecified atom stereocenters. The highest BCUT2D eigenvalue weighted by Crippen LogP contribution is 2.45. The second kappa shape index (κ2) is 7.25. The van der Waals surface area contributed by atoms with Gasteiger partial charge in [0.1, 0.15) is 0 Å². The van der Waals surface area contributed by atoms with Crippen LogP contribution in [-0.4, -0.2) is 43.2 Å². The van der Waals surface area contributed by atoms with E-state index in [2.05, 4.69) is 20.8 Å². The fraction of sp³-hybridized carbons (Fsp3) is 0.933. The Morgan fingerprint density at radius 2 is 2.11 bits per heavy atom. The molecule has 112 valence electrons. The lowest BCUT2D eigenvalue weighted by Gasteiger charge is -2.55. The molecule has 0 bridgehead atoms. The number of carbonyl (C=O) groups is 1. The van der Waals surface area contributed by atoms with Crippen molar-refractivity contribution in [1.29, 1.82) is 0 Å². The summed E-state index contributed by atoms with van der Waals surface area (Å²) >= 11 is 0. The molecule has 0 aromatic rings. The number of ether oxygens (including phenoxy) is 1. The van der Waals surface area contributed by atoms with E-state index in [4.69, 9.17) is 10.5 Å². The first-order valence-corrected chi connectivity index (χ1v) is 7.52. The van der Waals surface area contributed by atoms with Crippen molar-refractivity contribution in [3.63, 3.8) is 0 Å². The van der Waals surface area contributed by atoms with Gasteiger partial charge in [-0.05, 0) is 25.8 Å². The molecule has 1 aliphatic carbocycles. The molecule has 0 aliphatic heterocycles. The minimum atomic E-state index is 0.0564. The molecular weight excluding hydrogens is 240 g/mol. The molecule has 1 fully saturated rings. The van der Waals surface area contributed by atoms with Gasteiger partial charge in [-0.3, -0.25) is 4.79 Å². The molecule has 1 aliphatic rings. The lowest BCUT2D eigenvalue weighted by atomic mass is 9.63. The summed E-state index contributed by atoms with van der Waals surface area (Å²) in [4.78, 5) is 13.9. The molecule has 2 atom stereocenters. The summed E-state index contributed by atoms with van der Waals surface area (Å²) < 4.78 is 5.92. The summed E-state index contributed by atoms with van der Waals surface area (Å²) in [5.41, 5.74) is 5.51. The van der Waals surface area contributed by atoms with Crippen LogP contribution in [0.25, 0.3) is 0 Å². The van der Waals surface area contributed by atoms with E-state index in [1.165, 1.54) is 0 Å². The Hall–Kier alpha value is -0.610. The summed E-state index contributed by atoms with van der Waals surface area (Å²) in [5, 5.41) is 0. The van der Waals surface area contributed by atoms with Crippen molar-refractivity contribution in [3.05, 3.63) is 0 Å². The highest BCUT2D eigenvalue weighted by atomic mass is 16.5. The Balaban J connectivity index is 2.42. The molecule has 0 aromatic heterocycles. The topological polar surface area (TPSA) is 55.6 Å². The fourth-order valence-corrected chi connectivity index (χ4v) is 2.78. The molecule has 2 N–H and O–H groups in total. The minimum Gasteiger partial charge on any atom is -0.378 e. The first kappa shape index (κ1) is 16.4. The van der Waals surface area contributed by atoms with E-state index in [9.17, 15) is 4.79 Å². The largest absolute Gasteiger partial charge is 0.378 e. The zero-order chi connectivity index (χ0) is 14.5. The van der Waals surface area contributed by atoms with Gasteiger partial charge >= 0.3 is 0 Å². The van der Waals surface area contributed by atoms with Gasteiger partial charge in [0.2, 0.25) is 5.91 Å². The maximum Gasteiger partial charge on any atom is 0.222 e. The van der Waals surface area contributed by atoms with Crippen LogP contribution in [0.3, 0.4) is 0 Å². The monoisotopic (exact) mass is 270 g/mol. The number of rotatable bonds is 8. The van der Waals surface area contributed by atoms with Crippen LogP contribution >= 0.6 is 0 Å². The molecule has 1 amide bonds. The van der Waals surface area contributed by atoms with Crippen LogP contribution in [0, 0.1) is 5.41 Å². The van der Waals surface area contributed by atoms with Gasteiger partial charge in [-0.15, -0.1) is 0 Å². The fourth-order valence-electron chi connectivity index (χ4n) is 2.78. The SMILES string of the molecule is CCCCOC1CC(N(C)C(=O)CCCN)C1(C)C. The molecule has 1 saturated carbocycles. The summed E-state index contributed by atoms with van der Waals surface area (Å²) in [6.45, 7) is 7.98. The van der Waals surface area contributed by atoms with Crippen LogP contribution in [0.5, 0.6) is 0 Å². The summed E-state index contributed by atoms with van der Waals surface area (Å²) in [7, 11) is 1.91. The van der Waals surface area contributed by atoms with E-state index in [0.717, 1.165) is 32.3 Å². The quantitative estimate of drug-likeness (QED) is 0.688. The molecule has 0 aromatic carbocycles. The smallest absolute Gasteiger partial charge is 0.222 e. The second-order valence-electron chi connectivity index (χ2n) is 6.18. The molecule has 4 heteroatoms. The van der Waals surface area contributed by atoms with Crippen molar-refractivity contribution in [2.24, 2.45) is 11.1 Å². The molecule has 4 nitrogen and oxygen atoms in total. The zero-order valence-electron chi connectivity index (χ0n) is 12.9. The van der Waals surface area contributed by atoms with Gasteiger partial charge in [-0.1, -0.05) is 27.2 Å². The molecule has 1 rings (SSSR count). The third kappa shape index (κ3) is 3.93. The normalized spacial score (nSPS) is 24.9. The van der Waals surface area contributed by atoms with Crippen LogP contribution in [0.15, 0.2) is 0 Å². The molecule has 0 spiro atoms. The van der Waals surface area contributed by atoms with E-state index in [1.54, 1.807) is 0 Å². The van der Waals surface area contributed by atoms with E-state index >= 15 is 0 Å². The van der Waals surface area contributed by atoms with Crippen molar-refractivity contribution >= 4 is 5.91 Å². The predicted octanol–water partition coefficient (Wildman–Crippen LogP) is 2.17. The molecule has 0 saturated heterocycles. The Labute approximate surface area is 117 Å². The van der Waals surface area contributed by atoms with E-state index < -0.39 is 0 Å². The van der Waals surface area contributed by atoms with Gasteiger partial charge in [0, 0.05) is 31.5 Å². The number of amides is 1. The van der Waals surface area contributed by atoms with Crippen LogP contribution in [0.1, 0.15) is 52.9 Å². The Morgan fingerprint density at radius 1 is 1.42 bits per heavy atom. The average Bonchev–Trinajstić information content (AvgIpc) is 2.38. The molecule has 0 radical (unpaired) electrons. The Morgan fingerprint density at radius 3 is 2.63 bits per heavy atom. The minimum absolute atomic E-state index is 0.0564. The molecular formula is C15H30N2O2. The lowest BCUT2D eigenvalue weighted by molar-refractivity contribution is -0.164. The third-order valence-corrected chi connectivity index (χ3v) is 4.40. The van der Waals surface area contributed by atoms with Crippen molar-refractivity contribution in [2.75, 3.05) is 20.2 Å². The van der Waals surface area contributed by atoms with Gasteiger partial charge < -0.3 is 15.4 Å². The predicted molar refractivity (Wildman–Crippen MR) is 77.9 cm³/mol. The highest BCUT2D eigenvalue weighted by Gasteiger charge is 2.51. The number of nitrogens with two attached hydrogens (primary N) is 1. The maximum atomic E-state index is 12.0. The van der Waals surface area contributed by atoms with Crippen LogP contribution in [0.4, 0.5) is 0 Å². The number of hydrogen-bond acceptors (Lipinski definition) is 3. The van der Waals surface area contributed by atoms with E-state index in [-0.39, 0.29) is 17.4 Å². The number of carbonyl (C=O) groups excluding carboxylic acids is 1. The third-order valence-electron chi connectivity index (χ3n) is 4.40. The number of unbranched alkanes of at least 4 members (excludes halogenated alkanes) is 1. The number of hydrogen-bond donors (Lipinski definition) is 1. The summed E-state index contributed by atoms with van der Waals surface area (Å²) in [5.74, 6) is 0.204. The van der Waals surface area contributed by atoms with Crippen LogP contribution in [-0.2, 0) is 9.53 Å². The van der Waals surface area contributed by atoms with Crippen LogP contribution in [0.2, 0.25) is 0 Å². The summed E-state index contributed by atoms with van der Waals surface area (Å²) in [6, 6.07) is 0.296. The van der Waals surface area contributed by atoms with Gasteiger partial charge in [-0.2, -0.15) is 0 Å². The van der Waals surface area contributed by atoms with Gasteiger partial charge in [-0.25, -0.2) is 0 Å². The van der Waals surface area contributed by atoms with Crippen molar-refractivity contribution in [2.45, 2.75) is 65.0 Å². The maximum absolute atomic E-state index is 12.0.